The van der Waals surface area contributed by atoms with E-state index in [0.29, 0.717) is 19.8 Å². The van der Waals surface area contributed by atoms with Crippen molar-refractivity contribution in [3.8, 4) is 5.75 Å². The first-order chi connectivity index (χ1) is 21.2. The van der Waals surface area contributed by atoms with Gasteiger partial charge in [-0.15, -0.1) is 11.3 Å². The van der Waals surface area contributed by atoms with Gasteiger partial charge in [0.15, 0.2) is 0 Å². The van der Waals surface area contributed by atoms with E-state index in [4.69, 9.17) is 23.7 Å². The topological polar surface area (TPSA) is 75.2 Å². The molecule has 1 N–H and O–H groups in total. The molecule has 0 bridgehead atoms. The van der Waals surface area contributed by atoms with Gasteiger partial charge >= 0.3 is 6.09 Å². The van der Waals surface area contributed by atoms with Crippen molar-refractivity contribution in [2.24, 2.45) is 0 Å². The third-order valence-electron chi connectivity index (χ3n) is 7.46. The molecule has 3 aromatic rings. The van der Waals surface area contributed by atoms with Crippen LogP contribution in [0.25, 0.3) is 10.1 Å². The summed E-state index contributed by atoms with van der Waals surface area (Å²) in [6.45, 7) is 12.6. The molecule has 242 valence electrons. The minimum Gasteiger partial charge on any atom is -0.491 e. The van der Waals surface area contributed by atoms with Crippen LogP contribution in [0.4, 0.5) is 4.79 Å². The number of hydrogen-bond donors (Lipinski definition) is 1. The summed E-state index contributed by atoms with van der Waals surface area (Å²) in [5.41, 5.74) is 1.68. The zero-order valence-electron chi connectivity index (χ0n) is 27.2. The van der Waals surface area contributed by atoms with Crippen molar-refractivity contribution in [3.05, 3.63) is 64.5 Å². The van der Waals surface area contributed by atoms with Crippen LogP contribution in [-0.4, -0.2) is 56.9 Å². The number of hydrogen-bond acceptors (Lipinski definition) is 7. The maximum absolute atomic E-state index is 12.1. The van der Waals surface area contributed by atoms with Crippen molar-refractivity contribution in [3.63, 3.8) is 0 Å². The molecule has 0 spiro atoms. The minimum absolute atomic E-state index is 0.0508. The standard InChI is InChI=1S/C36H51NO6S/c1-6-8-17-39-25-29-23-28(40-18-9-7-2)24-33(42-29)31-21-26(20-30-22-27-12-10-11-13-34(27)44-30)14-15-32(31)41-19-16-37-35(38)43-36(3,4)5/h10-15,21-22,28-29,33H,6-9,16-20,23-25H2,1-5H3,(H,37,38)/t28-,29?,33?/m0/s1. The summed E-state index contributed by atoms with van der Waals surface area (Å²) in [4.78, 5) is 13.5. The van der Waals surface area contributed by atoms with E-state index in [1.54, 1.807) is 0 Å². The monoisotopic (exact) mass is 625 g/mol. The molecule has 1 saturated heterocycles. The van der Waals surface area contributed by atoms with Crippen molar-refractivity contribution < 1.29 is 28.5 Å². The third kappa shape index (κ3) is 11.1. The maximum atomic E-state index is 12.1. The first kappa shape index (κ1) is 34.2. The lowest BCUT2D eigenvalue weighted by Gasteiger charge is -2.36. The number of alkyl carbamates (subject to hydrolysis) is 1. The molecule has 2 heterocycles. The Bertz CT molecular complexity index is 1270. The van der Waals surface area contributed by atoms with Crippen LogP contribution in [0.5, 0.6) is 5.75 Å². The van der Waals surface area contributed by atoms with Gasteiger partial charge in [0, 0.05) is 47.6 Å². The Kier molecular flexibility index (Phi) is 13.3. The van der Waals surface area contributed by atoms with E-state index in [2.05, 4.69) is 61.6 Å². The summed E-state index contributed by atoms with van der Waals surface area (Å²) in [6.07, 6.45) is 6.11. The van der Waals surface area contributed by atoms with E-state index in [0.717, 1.165) is 69.5 Å². The highest BCUT2D eigenvalue weighted by molar-refractivity contribution is 7.19. The second-order valence-corrected chi connectivity index (χ2v) is 13.7. The Balaban J connectivity index is 1.53. The molecule has 0 aliphatic carbocycles. The van der Waals surface area contributed by atoms with Crippen molar-refractivity contribution in [1.82, 2.24) is 5.32 Å². The highest BCUT2D eigenvalue weighted by atomic mass is 32.1. The average molecular weight is 626 g/mol. The smallest absolute Gasteiger partial charge is 0.407 e. The molecule has 4 rings (SSSR count). The van der Waals surface area contributed by atoms with Gasteiger partial charge < -0.3 is 29.0 Å². The first-order valence-corrected chi connectivity index (χ1v) is 17.1. The van der Waals surface area contributed by atoms with Crippen molar-refractivity contribution in [2.75, 3.05) is 33.0 Å². The molecule has 0 radical (unpaired) electrons. The Morgan fingerprint density at radius 1 is 1.00 bits per heavy atom. The number of nitrogens with one attached hydrogen (secondary N) is 1. The number of unbranched alkanes of at least 4 members (excludes halogenated alkanes) is 2. The van der Waals surface area contributed by atoms with E-state index >= 15 is 0 Å². The van der Waals surface area contributed by atoms with E-state index in [9.17, 15) is 4.79 Å². The predicted molar refractivity (Wildman–Crippen MR) is 178 cm³/mol. The molecule has 3 atom stereocenters. The molecule has 0 saturated carbocycles. The van der Waals surface area contributed by atoms with Crippen LogP contribution in [0, 0.1) is 0 Å². The van der Waals surface area contributed by atoms with Crippen molar-refractivity contribution in [1.29, 1.82) is 0 Å². The van der Waals surface area contributed by atoms with Gasteiger partial charge in [0.05, 0.1) is 31.5 Å². The summed E-state index contributed by atoms with van der Waals surface area (Å²) in [6, 6.07) is 17.2. The second-order valence-electron chi connectivity index (χ2n) is 12.6. The molecule has 7 nitrogen and oxygen atoms in total. The fraction of sp³-hybridized carbons (Fsp3) is 0.583. The number of benzene rings is 2. The quantitative estimate of drug-likeness (QED) is 0.161. The van der Waals surface area contributed by atoms with Crippen LogP contribution in [0.1, 0.15) is 95.3 Å². The largest absolute Gasteiger partial charge is 0.491 e. The fourth-order valence-electron chi connectivity index (χ4n) is 5.32. The zero-order valence-corrected chi connectivity index (χ0v) is 28.0. The van der Waals surface area contributed by atoms with Gasteiger partial charge in [-0.25, -0.2) is 4.79 Å². The number of amides is 1. The third-order valence-corrected chi connectivity index (χ3v) is 8.58. The molecule has 1 aliphatic heterocycles. The van der Waals surface area contributed by atoms with Crippen LogP contribution >= 0.6 is 11.3 Å². The molecule has 1 amide bonds. The van der Waals surface area contributed by atoms with Crippen LogP contribution < -0.4 is 10.1 Å². The molecular weight excluding hydrogens is 574 g/mol. The summed E-state index contributed by atoms with van der Waals surface area (Å²) >= 11 is 1.83. The predicted octanol–water partition coefficient (Wildman–Crippen LogP) is 8.62. The molecule has 2 aromatic carbocycles. The van der Waals surface area contributed by atoms with Gasteiger partial charge in [-0.05, 0) is 68.8 Å². The summed E-state index contributed by atoms with van der Waals surface area (Å²) in [5.74, 6) is 0.765. The van der Waals surface area contributed by atoms with Crippen molar-refractivity contribution in [2.45, 2.75) is 103 Å². The van der Waals surface area contributed by atoms with Crippen molar-refractivity contribution >= 4 is 27.5 Å². The molecule has 44 heavy (non-hydrogen) atoms. The van der Waals surface area contributed by atoms with Crippen LogP contribution in [0.15, 0.2) is 48.5 Å². The second kappa shape index (κ2) is 17.2. The molecule has 1 aromatic heterocycles. The van der Waals surface area contributed by atoms with Crippen LogP contribution in [-0.2, 0) is 25.4 Å². The van der Waals surface area contributed by atoms with E-state index < -0.39 is 11.7 Å². The molecule has 2 unspecified atom stereocenters. The fourth-order valence-corrected chi connectivity index (χ4v) is 6.41. The zero-order chi connectivity index (χ0) is 31.4. The number of rotatable bonds is 16. The molecule has 8 heteroatoms. The van der Waals surface area contributed by atoms with Gasteiger partial charge in [-0.2, -0.15) is 0 Å². The van der Waals surface area contributed by atoms with Crippen LogP contribution in [0.3, 0.4) is 0 Å². The van der Waals surface area contributed by atoms with Gasteiger partial charge in [0.1, 0.15) is 18.0 Å². The van der Waals surface area contributed by atoms with Crippen LogP contribution in [0.2, 0.25) is 0 Å². The van der Waals surface area contributed by atoms with Gasteiger partial charge in [0.2, 0.25) is 0 Å². The Morgan fingerprint density at radius 2 is 1.80 bits per heavy atom. The SMILES string of the molecule is CCCCOCC1C[C@H](OCCCC)CC(c2cc(Cc3cc4ccccc4s3)ccc2OCCNC(=O)OC(C)(C)C)O1. The maximum Gasteiger partial charge on any atom is 0.407 e. The van der Waals surface area contributed by atoms with Gasteiger partial charge in [-0.1, -0.05) is 51.0 Å². The normalized spacial score (nSPS) is 18.8. The molecular formula is C36H51NO6S. The minimum atomic E-state index is -0.548. The van der Waals surface area contributed by atoms with E-state index in [-0.39, 0.29) is 18.3 Å². The Hall–Kier alpha value is -2.65. The summed E-state index contributed by atoms with van der Waals surface area (Å²) in [7, 11) is 0. The number of ether oxygens (including phenoxy) is 5. The number of thiophene rings is 1. The summed E-state index contributed by atoms with van der Waals surface area (Å²) in [5, 5.41) is 4.07. The van der Waals surface area contributed by atoms with Gasteiger partial charge in [0.25, 0.3) is 0 Å². The Labute approximate surface area is 267 Å². The number of fused-ring (bicyclic) bond motifs is 1. The summed E-state index contributed by atoms with van der Waals surface area (Å²) < 4.78 is 32.0. The van der Waals surface area contributed by atoms with E-state index in [1.165, 1.54) is 20.5 Å². The van der Waals surface area contributed by atoms with E-state index in [1.807, 2.05) is 38.2 Å². The Morgan fingerprint density at radius 3 is 2.57 bits per heavy atom. The highest BCUT2D eigenvalue weighted by Gasteiger charge is 2.33. The number of carbonyl (C=O) groups is 1. The first-order valence-electron chi connectivity index (χ1n) is 16.3. The average Bonchev–Trinajstić information content (AvgIpc) is 3.39. The molecule has 1 fully saturated rings. The lowest BCUT2D eigenvalue weighted by Crippen LogP contribution is -2.36. The molecule has 1 aliphatic rings. The van der Waals surface area contributed by atoms with Gasteiger partial charge in [-0.3, -0.25) is 0 Å². The highest BCUT2D eigenvalue weighted by Crippen LogP contribution is 2.39. The number of carbonyl (C=O) groups excluding carboxylic acids is 1. The lowest BCUT2D eigenvalue weighted by atomic mass is 9.93. The lowest BCUT2D eigenvalue weighted by molar-refractivity contribution is -0.138.